The average molecular weight is 470 g/mol. The van der Waals surface area contributed by atoms with Gasteiger partial charge in [0.15, 0.2) is 5.78 Å². The summed E-state index contributed by atoms with van der Waals surface area (Å²) in [6, 6.07) is 16.4. The van der Waals surface area contributed by atoms with E-state index in [0.29, 0.717) is 25.9 Å². The molecule has 156 valence electrons. The number of nitrogens with one attached hydrogen (secondary N) is 1. The Balaban J connectivity index is 1.42. The van der Waals surface area contributed by atoms with Crippen molar-refractivity contribution < 1.29 is 13.2 Å². The number of carbonyl (C=O) groups is 1. The minimum atomic E-state index is -3.95. The molecule has 0 aliphatic carbocycles. The summed E-state index contributed by atoms with van der Waals surface area (Å²) in [5, 5.41) is 2.92. The third-order valence-corrected chi connectivity index (χ3v) is 6.64. The number of halogens is 1. The first-order chi connectivity index (χ1) is 14.9. The molecule has 2 aromatic carbocycles. The number of allylic oxidation sites excluding steroid dienone is 1. The zero-order valence-corrected chi connectivity index (χ0v) is 18.2. The van der Waals surface area contributed by atoms with E-state index in [9.17, 15) is 13.2 Å². The Hall–Kier alpha value is -3.27. The van der Waals surface area contributed by atoms with E-state index >= 15 is 0 Å². The maximum Gasteiger partial charge on any atom is 0.202 e. The van der Waals surface area contributed by atoms with Crippen LogP contribution < -0.4 is 5.32 Å². The molecule has 0 saturated carbocycles. The topological polar surface area (TPSA) is 103 Å². The van der Waals surface area contributed by atoms with E-state index in [-0.39, 0.29) is 16.5 Å². The van der Waals surface area contributed by atoms with Gasteiger partial charge >= 0.3 is 0 Å². The molecular weight excluding hydrogens is 456 g/mol. The van der Waals surface area contributed by atoms with Gasteiger partial charge in [0.25, 0.3) is 0 Å². The SMILES string of the molecule is O=C(/C=C/Nc1ccc(S(=O)(=O)[N-]c2cnc3ccccc3n2)cc1)c1ccc(Cl)s1. The van der Waals surface area contributed by atoms with Crippen LogP contribution >= 0.6 is 22.9 Å². The van der Waals surface area contributed by atoms with Gasteiger partial charge in [-0.2, -0.15) is 0 Å². The zero-order valence-electron chi connectivity index (χ0n) is 15.8. The Labute approximate surface area is 187 Å². The molecule has 0 bridgehead atoms. The third-order valence-electron chi connectivity index (χ3n) is 4.10. The summed E-state index contributed by atoms with van der Waals surface area (Å²) in [5.41, 5.74) is 1.82. The van der Waals surface area contributed by atoms with Crippen LogP contribution in [0, 0.1) is 0 Å². The fourth-order valence-corrected chi connectivity index (χ4v) is 4.52. The number of hydrogen-bond donors (Lipinski definition) is 1. The molecular formula is C21H14ClN4O3S2-. The van der Waals surface area contributed by atoms with Gasteiger partial charge in [0.05, 0.1) is 19.6 Å². The molecule has 31 heavy (non-hydrogen) atoms. The molecule has 0 atom stereocenters. The molecule has 0 unspecified atom stereocenters. The summed E-state index contributed by atoms with van der Waals surface area (Å²) >= 11 is 7.02. The largest absolute Gasteiger partial charge is 0.433 e. The van der Waals surface area contributed by atoms with Gasteiger partial charge in [-0.15, -0.1) is 11.3 Å². The molecule has 7 nitrogen and oxygen atoms in total. The Bertz CT molecular complexity index is 1380. The smallest absolute Gasteiger partial charge is 0.202 e. The van der Waals surface area contributed by atoms with E-state index in [2.05, 4.69) is 20.0 Å². The lowest BCUT2D eigenvalue weighted by atomic mass is 10.3. The van der Waals surface area contributed by atoms with Gasteiger partial charge < -0.3 is 15.0 Å². The number of hydrogen-bond acceptors (Lipinski definition) is 7. The molecule has 2 aromatic heterocycles. The summed E-state index contributed by atoms with van der Waals surface area (Å²) in [4.78, 5) is 20.9. The molecule has 0 fully saturated rings. The number of sulfonamides is 1. The Morgan fingerprint density at radius 1 is 1.03 bits per heavy atom. The number of benzene rings is 2. The minimum Gasteiger partial charge on any atom is -0.433 e. The number of para-hydroxylation sites is 2. The molecule has 0 aliphatic rings. The summed E-state index contributed by atoms with van der Waals surface area (Å²) in [6.07, 6.45) is 4.17. The fraction of sp³-hybridized carbons (Fsp3) is 0. The minimum absolute atomic E-state index is 0.0102. The normalized spacial score (nSPS) is 11.6. The number of ketones is 1. The number of carbonyl (C=O) groups excluding carboxylic acids is 1. The van der Waals surface area contributed by atoms with Crippen molar-refractivity contribution in [1.29, 1.82) is 0 Å². The van der Waals surface area contributed by atoms with E-state index in [1.54, 1.807) is 42.5 Å². The first kappa shape index (κ1) is 21.0. The standard InChI is InChI=1S/C21H15ClN4O3S2/c22-20-10-9-19(30-20)18(27)11-12-23-14-5-7-15(8-6-14)31(28,29)26-21-13-24-16-3-1-2-4-17(16)25-21/h1-13H,(H2,23,25,26,27)/p-1. The first-order valence-corrected chi connectivity index (χ1v) is 11.6. The number of rotatable bonds is 7. The number of anilines is 1. The van der Waals surface area contributed by atoms with Crippen LogP contribution in [-0.2, 0) is 10.0 Å². The van der Waals surface area contributed by atoms with Crippen LogP contribution in [0.4, 0.5) is 11.5 Å². The van der Waals surface area contributed by atoms with Crippen molar-refractivity contribution in [3.63, 3.8) is 0 Å². The first-order valence-electron chi connectivity index (χ1n) is 8.93. The second kappa shape index (κ2) is 8.84. The third kappa shape index (κ3) is 5.08. The average Bonchev–Trinajstić information content (AvgIpc) is 3.20. The Kier molecular flexibility index (Phi) is 5.99. The Morgan fingerprint density at radius 3 is 2.48 bits per heavy atom. The van der Waals surface area contributed by atoms with Gasteiger partial charge in [0.1, 0.15) is 0 Å². The van der Waals surface area contributed by atoms with Crippen LogP contribution in [0.5, 0.6) is 0 Å². The molecule has 0 saturated heterocycles. The summed E-state index contributed by atoms with van der Waals surface area (Å²) in [6.45, 7) is 0. The fourth-order valence-electron chi connectivity index (χ4n) is 2.63. The van der Waals surface area contributed by atoms with Gasteiger partial charge in [0.2, 0.25) is 10.0 Å². The van der Waals surface area contributed by atoms with Crippen molar-refractivity contribution in [2.45, 2.75) is 4.90 Å². The second-order valence-electron chi connectivity index (χ2n) is 6.25. The van der Waals surface area contributed by atoms with Crippen LogP contribution in [0.2, 0.25) is 4.34 Å². The van der Waals surface area contributed by atoms with E-state index in [1.807, 2.05) is 6.07 Å². The van der Waals surface area contributed by atoms with Crippen LogP contribution in [0.25, 0.3) is 15.8 Å². The monoisotopic (exact) mass is 469 g/mol. The number of fused-ring (bicyclic) bond motifs is 1. The molecule has 0 amide bonds. The highest BCUT2D eigenvalue weighted by molar-refractivity contribution is 7.94. The lowest BCUT2D eigenvalue weighted by Crippen LogP contribution is -1.99. The van der Waals surface area contributed by atoms with Crippen molar-refractivity contribution in [2.24, 2.45) is 0 Å². The highest BCUT2D eigenvalue weighted by atomic mass is 35.5. The van der Waals surface area contributed by atoms with Crippen molar-refractivity contribution in [3.05, 3.63) is 93.1 Å². The zero-order chi connectivity index (χ0) is 21.8. The molecule has 4 rings (SSSR count). The van der Waals surface area contributed by atoms with Gasteiger partial charge in [-0.1, -0.05) is 29.8 Å². The lowest BCUT2D eigenvalue weighted by molar-refractivity contribution is 0.105. The van der Waals surface area contributed by atoms with Gasteiger partial charge in [-0.25, -0.2) is 8.42 Å². The van der Waals surface area contributed by atoms with E-state index < -0.39 is 10.0 Å². The van der Waals surface area contributed by atoms with Crippen LogP contribution in [-0.4, -0.2) is 24.2 Å². The van der Waals surface area contributed by atoms with Crippen molar-refractivity contribution in [3.8, 4) is 0 Å². The predicted molar refractivity (Wildman–Crippen MR) is 123 cm³/mol. The number of aromatic nitrogens is 2. The quantitative estimate of drug-likeness (QED) is 0.281. The highest BCUT2D eigenvalue weighted by Crippen LogP contribution is 2.27. The molecule has 2 heterocycles. The Morgan fingerprint density at radius 2 is 1.77 bits per heavy atom. The summed E-state index contributed by atoms with van der Waals surface area (Å²) < 4.78 is 29.5. The predicted octanol–water partition coefficient (Wildman–Crippen LogP) is 5.55. The maximum absolute atomic E-state index is 12.6. The number of nitrogens with zero attached hydrogens (tertiary/aromatic N) is 3. The van der Waals surface area contributed by atoms with Gasteiger partial charge in [0, 0.05) is 24.2 Å². The highest BCUT2D eigenvalue weighted by Gasteiger charge is 2.10. The molecule has 1 N–H and O–H groups in total. The van der Waals surface area contributed by atoms with Crippen molar-refractivity contribution in [1.82, 2.24) is 9.97 Å². The van der Waals surface area contributed by atoms with E-state index in [1.165, 1.54) is 41.9 Å². The molecule has 10 heteroatoms. The lowest BCUT2D eigenvalue weighted by Gasteiger charge is -2.16. The van der Waals surface area contributed by atoms with Gasteiger partial charge in [-0.3, -0.25) is 9.78 Å². The van der Waals surface area contributed by atoms with Crippen molar-refractivity contribution in [2.75, 3.05) is 5.32 Å². The van der Waals surface area contributed by atoms with Crippen molar-refractivity contribution >= 4 is 61.3 Å². The summed E-state index contributed by atoms with van der Waals surface area (Å²) in [7, 11) is -3.95. The molecule has 0 aliphatic heterocycles. The van der Waals surface area contributed by atoms with E-state index in [4.69, 9.17) is 11.6 Å². The molecule has 0 spiro atoms. The molecule has 0 radical (unpaired) electrons. The van der Waals surface area contributed by atoms with Crippen LogP contribution in [0.15, 0.2) is 84.0 Å². The summed E-state index contributed by atoms with van der Waals surface area (Å²) in [5.74, 6) is -0.171. The van der Waals surface area contributed by atoms with Gasteiger partial charge in [-0.05, 0) is 53.8 Å². The van der Waals surface area contributed by atoms with Crippen LogP contribution in [0.3, 0.4) is 0 Å². The maximum atomic E-state index is 12.6. The second-order valence-corrected chi connectivity index (χ2v) is 9.57. The van der Waals surface area contributed by atoms with E-state index in [0.717, 1.165) is 0 Å². The van der Waals surface area contributed by atoms with Crippen LogP contribution in [0.1, 0.15) is 9.67 Å². The number of thiophene rings is 1. The molecule has 4 aromatic rings.